The van der Waals surface area contributed by atoms with E-state index in [9.17, 15) is 38.7 Å². The van der Waals surface area contributed by atoms with Gasteiger partial charge in [0.05, 0.1) is 6.04 Å². The Kier molecular flexibility index (Phi) is 25.0. The fourth-order valence-corrected chi connectivity index (χ4v) is 5.38. The molecule has 0 aromatic carbocycles. The number of carboxylic acid groups (broad SMARTS) is 1. The van der Waals surface area contributed by atoms with E-state index in [0.717, 1.165) is 0 Å². The van der Waals surface area contributed by atoms with Gasteiger partial charge < -0.3 is 54.2 Å². The molecule has 0 saturated heterocycles. The molecule has 0 heterocycles. The average molecular weight is 750 g/mol. The summed E-state index contributed by atoms with van der Waals surface area (Å²) in [5.41, 5.74) is 17.1. The van der Waals surface area contributed by atoms with Crippen molar-refractivity contribution in [1.29, 1.82) is 0 Å². The minimum Gasteiger partial charge on any atom is -0.480 e. The molecule has 7 atom stereocenters. The van der Waals surface area contributed by atoms with Gasteiger partial charge in [-0.25, -0.2) is 4.79 Å². The lowest BCUT2D eigenvalue weighted by atomic mass is 10.1. The lowest BCUT2D eigenvalue weighted by Gasteiger charge is -2.25. The molecule has 0 saturated carbocycles. The van der Waals surface area contributed by atoms with Gasteiger partial charge in [-0.1, -0.05) is 6.42 Å². The van der Waals surface area contributed by atoms with Gasteiger partial charge in [-0.2, -0.15) is 23.5 Å². The van der Waals surface area contributed by atoms with E-state index in [1.807, 2.05) is 12.5 Å². The van der Waals surface area contributed by atoms with Crippen molar-refractivity contribution >= 4 is 64.9 Å². The number of carboxylic acids is 1. The van der Waals surface area contributed by atoms with Crippen LogP contribution in [0.25, 0.3) is 0 Å². The Labute approximate surface area is 303 Å². The molecule has 0 aliphatic heterocycles. The topological polar surface area (TPSA) is 290 Å². The Morgan fingerprint density at radius 1 is 0.520 bits per heavy atom. The number of hydrogen-bond acceptors (Lipinski definition) is 12. The molecule has 288 valence electrons. The molecular weight excluding hydrogens is 691 g/mol. The third-order valence-corrected chi connectivity index (χ3v) is 8.90. The first-order valence-corrected chi connectivity index (χ1v) is 19.6. The van der Waals surface area contributed by atoms with Crippen LogP contribution in [-0.2, 0) is 33.6 Å². The van der Waals surface area contributed by atoms with Gasteiger partial charge in [0.1, 0.15) is 36.3 Å². The molecule has 0 rings (SSSR count). The first kappa shape index (κ1) is 46.9. The zero-order valence-corrected chi connectivity index (χ0v) is 31.5. The summed E-state index contributed by atoms with van der Waals surface area (Å²) in [4.78, 5) is 89.0. The highest BCUT2D eigenvalue weighted by Crippen LogP contribution is 2.06. The summed E-state index contributed by atoms with van der Waals surface area (Å²) in [6.45, 7) is 5.11. The monoisotopic (exact) mass is 749 g/mol. The van der Waals surface area contributed by atoms with Gasteiger partial charge in [0.25, 0.3) is 0 Å². The first-order chi connectivity index (χ1) is 23.6. The number of nitrogens with one attached hydrogen (secondary N) is 6. The number of aliphatic carboxylic acids is 1. The largest absolute Gasteiger partial charge is 0.480 e. The maximum Gasteiger partial charge on any atom is 0.326 e. The van der Waals surface area contributed by atoms with Crippen LogP contribution >= 0.6 is 23.5 Å². The Balaban J connectivity index is 5.35. The summed E-state index contributed by atoms with van der Waals surface area (Å²) in [6.07, 6.45) is 7.26. The van der Waals surface area contributed by atoms with E-state index >= 15 is 0 Å². The van der Waals surface area contributed by atoms with Crippen LogP contribution in [0, 0.1) is 0 Å². The minimum atomic E-state index is -1.19. The Morgan fingerprint density at radius 3 is 1.32 bits per heavy atom. The number of rotatable bonds is 27. The molecule has 0 aliphatic rings. The number of hydrogen-bond donors (Lipinski definition) is 10. The normalized spacial score (nSPS) is 15.2. The Hall–Kier alpha value is -3.13. The maximum atomic E-state index is 13.1. The zero-order chi connectivity index (χ0) is 38.2. The van der Waals surface area contributed by atoms with E-state index in [-0.39, 0.29) is 19.3 Å². The van der Waals surface area contributed by atoms with E-state index in [4.69, 9.17) is 17.2 Å². The fraction of sp³-hybridized carbons (Fsp3) is 0.774. The number of thioether (sulfide) groups is 2. The Bertz CT molecular complexity index is 1100. The van der Waals surface area contributed by atoms with Crippen LogP contribution in [0.1, 0.15) is 72.1 Å². The zero-order valence-electron chi connectivity index (χ0n) is 29.9. The van der Waals surface area contributed by atoms with Crippen LogP contribution in [0.15, 0.2) is 0 Å². The van der Waals surface area contributed by atoms with Crippen LogP contribution in [-0.4, -0.2) is 126 Å². The second-order valence-corrected chi connectivity index (χ2v) is 13.9. The van der Waals surface area contributed by atoms with Gasteiger partial charge >= 0.3 is 5.97 Å². The van der Waals surface area contributed by atoms with Crippen molar-refractivity contribution in [3.8, 4) is 0 Å². The maximum absolute atomic E-state index is 13.1. The van der Waals surface area contributed by atoms with Gasteiger partial charge in [0, 0.05) is 0 Å². The number of nitrogens with two attached hydrogens (primary N) is 3. The summed E-state index contributed by atoms with van der Waals surface area (Å²) in [7, 11) is 0. The quantitative estimate of drug-likeness (QED) is 0.0413. The molecule has 0 unspecified atom stereocenters. The number of carbonyl (C=O) groups excluding carboxylic acids is 6. The first-order valence-electron chi connectivity index (χ1n) is 16.8. The number of amides is 6. The van der Waals surface area contributed by atoms with Gasteiger partial charge in [-0.15, -0.1) is 0 Å². The molecule has 17 nitrogen and oxygen atoms in total. The van der Waals surface area contributed by atoms with E-state index in [2.05, 4.69) is 31.9 Å². The standard InChI is InChI=1S/C31H59N9O8S2/c1-18(36-29(45)22(11-7-9-15-33)39-28(44)21(34)10-6-8-14-32)25(41)35-19(2)26(42)38-23(12-16-49-4)30(46)37-20(3)27(43)40-24(31(47)48)13-17-50-5/h18-24H,6-17,32-34H2,1-5H3,(H,35,41)(H,36,45)(H,37,46)(H,38,42)(H,39,44)(H,40,43)(H,47,48)/t18-,19-,20-,21-,22-,23-,24-/m0/s1. The van der Waals surface area contributed by atoms with Crippen molar-refractivity contribution < 1.29 is 38.7 Å². The summed E-state index contributed by atoms with van der Waals surface area (Å²) < 4.78 is 0. The van der Waals surface area contributed by atoms with Gasteiger partial charge in [-0.3, -0.25) is 28.8 Å². The van der Waals surface area contributed by atoms with E-state index in [1.54, 1.807) is 0 Å². The van der Waals surface area contributed by atoms with Crippen molar-refractivity contribution in [2.24, 2.45) is 17.2 Å². The fourth-order valence-electron chi connectivity index (χ4n) is 4.43. The highest BCUT2D eigenvalue weighted by Gasteiger charge is 2.30. The van der Waals surface area contributed by atoms with E-state index in [1.165, 1.54) is 44.3 Å². The summed E-state index contributed by atoms with van der Waals surface area (Å²) in [6, 6.07) is -7.27. The van der Waals surface area contributed by atoms with Crippen LogP contribution < -0.4 is 49.1 Å². The SMILES string of the molecule is CSCC[C@H](NC(=O)[C@H](C)NC(=O)[C@H](CCSC)NC(=O)[C@H](C)NC(=O)[C@H](C)NC(=O)[C@H](CCCCN)NC(=O)[C@@H](N)CCCCN)C(=O)O. The van der Waals surface area contributed by atoms with Crippen molar-refractivity contribution in [2.45, 2.75) is 114 Å². The minimum absolute atomic E-state index is 0.206. The van der Waals surface area contributed by atoms with Crippen LogP contribution in [0.4, 0.5) is 0 Å². The molecule has 6 amide bonds. The van der Waals surface area contributed by atoms with Crippen molar-refractivity contribution in [1.82, 2.24) is 31.9 Å². The lowest BCUT2D eigenvalue weighted by molar-refractivity contribution is -0.142. The molecule has 0 spiro atoms. The lowest BCUT2D eigenvalue weighted by Crippen LogP contribution is -2.58. The highest BCUT2D eigenvalue weighted by atomic mass is 32.2. The second kappa shape index (κ2) is 26.6. The molecular formula is C31H59N9O8S2. The van der Waals surface area contributed by atoms with Gasteiger partial charge in [-0.05, 0) is 103 Å². The second-order valence-electron chi connectivity index (χ2n) is 12.0. The average Bonchev–Trinajstić information content (AvgIpc) is 3.07. The Morgan fingerprint density at radius 2 is 0.880 bits per heavy atom. The third kappa shape index (κ3) is 19.3. The van der Waals surface area contributed by atoms with Gasteiger partial charge in [0.2, 0.25) is 35.4 Å². The molecule has 13 N–H and O–H groups in total. The smallest absolute Gasteiger partial charge is 0.326 e. The summed E-state index contributed by atoms with van der Waals surface area (Å²) >= 11 is 2.87. The predicted octanol–water partition coefficient (Wildman–Crippen LogP) is -1.87. The van der Waals surface area contributed by atoms with Crippen molar-refractivity contribution in [2.75, 3.05) is 37.1 Å². The van der Waals surface area contributed by atoms with Gasteiger partial charge in [0.15, 0.2) is 0 Å². The molecule has 0 aliphatic carbocycles. The van der Waals surface area contributed by atoms with Crippen LogP contribution in [0.3, 0.4) is 0 Å². The van der Waals surface area contributed by atoms with E-state index in [0.29, 0.717) is 56.7 Å². The highest BCUT2D eigenvalue weighted by molar-refractivity contribution is 7.98. The van der Waals surface area contributed by atoms with Crippen LogP contribution in [0.2, 0.25) is 0 Å². The molecule has 0 bridgehead atoms. The summed E-state index contributed by atoms with van der Waals surface area (Å²) in [5, 5.41) is 24.7. The number of unbranched alkanes of at least 4 members (excludes halogenated alkanes) is 2. The van der Waals surface area contributed by atoms with E-state index < -0.39 is 83.7 Å². The molecule has 50 heavy (non-hydrogen) atoms. The van der Waals surface area contributed by atoms with Crippen molar-refractivity contribution in [3.63, 3.8) is 0 Å². The molecule has 0 fully saturated rings. The predicted molar refractivity (Wildman–Crippen MR) is 196 cm³/mol. The van der Waals surface area contributed by atoms with Crippen molar-refractivity contribution in [3.05, 3.63) is 0 Å². The molecule has 0 aromatic heterocycles. The third-order valence-electron chi connectivity index (χ3n) is 7.61. The molecule has 0 aromatic rings. The molecule has 19 heteroatoms. The summed E-state index contributed by atoms with van der Waals surface area (Å²) in [5.74, 6) is -4.01. The number of carbonyl (C=O) groups is 7. The molecule has 0 radical (unpaired) electrons. The van der Waals surface area contributed by atoms with Crippen LogP contribution in [0.5, 0.6) is 0 Å².